The monoisotopic (exact) mass is 317 g/mol. The van der Waals surface area contributed by atoms with Crippen LogP contribution in [0.4, 0.5) is 4.39 Å². The lowest BCUT2D eigenvalue weighted by Crippen LogP contribution is -2.36. The highest BCUT2D eigenvalue weighted by atomic mass is 19.1. The number of nitrogens with zero attached hydrogens (tertiary/aromatic N) is 1. The van der Waals surface area contributed by atoms with Crippen molar-refractivity contribution in [3.63, 3.8) is 0 Å². The van der Waals surface area contributed by atoms with E-state index in [9.17, 15) is 14.0 Å². The fourth-order valence-corrected chi connectivity index (χ4v) is 2.35. The number of likely N-dealkylation sites (N-methyl/N-ethyl adjacent to an activating group) is 1. The number of aromatic amines is 1. The highest BCUT2D eigenvalue weighted by Gasteiger charge is 2.17. The number of rotatable bonds is 5. The van der Waals surface area contributed by atoms with E-state index < -0.39 is 11.5 Å². The van der Waals surface area contributed by atoms with Crippen LogP contribution in [-0.4, -0.2) is 36.4 Å². The molecule has 0 bridgehead atoms. The molecule has 0 aliphatic carbocycles. The zero-order chi connectivity index (χ0) is 17.0. The SMILES string of the molecule is Cc1ccc(C(=O)NC[C@H](c2cccc(F)c2)N(C)C)c(=O)[nH]1. The second-order valence-corrected chi connectivity index (χ2v) is 5.63. The van der Waals surface area contributed by atoms with E-state index >= 15 is 0 Å². The molecule has 2 N–H and O–H groups in total. The molecule has 0 unspecified atom stereocenters. The van der Waals surface area contributed by atoms with Gasteiger partial charge in [-0.05, 0) is 50.8 Å². The number of H-pyrrole nitrogens is 1. The molecule has 2 aromatic rings. The summed E-state index contributed by atoms with van der Waals surface area (Å²) in [6.45, 7) is 2.01. The maximum atomic E-state index is 13.4. The second-order valence-electron chi connectivity index (χ2n) is 5.63. The van der Waals surface area contributed by atoms with Crippen molar-refractivity contribution in [3.8, 4) is 0 Å². The van der Waals surface area contributed by atoms with E-state index in [4.69, 9.17) is 0 Å². The van der Waals surface area contributed by atoms with Gasteiger partial charge in [0.1, 0.15) is 11.4 Å². The van der Waals surface area contributed by atoms with Crippen LogP contribution in [0.3, 0.4) is 0 Å². The minimum absolute atomic E-state index is 0.0624. The van der Waals surface area contributed by atoms with Crippen molar-refractivity contribution in [2.45, 2.75) is 13.0 Å². The standard InChI is InChI=1S/C17H20FN3O2/c1-11-7-8-14(17(23)20-11)16(22)19-10-15(21(2)3)12-5-4-6-13(18)9-12/h4-9,15H,10H2,1-3H3,(H,19,22)(H,20,23)/t15-/m1/s1. The summed E-state index contributed by atoms with van der Waals surface area (Å²) >= 11 is 0. The van der Waals surface area contributed by atoms with Gasteiger partial charge in [0.2, 0.25) is 0 Å². The van der Waals surface area contributed by atoms with Crippen LogP contribution in [0.5, 0.6) is 0 Å². The lowest BCUT2D eigenvalue weighted by molar-refractivity contribution is 0.0940. The van der Waals surface area contributed by atoms with Gasteiger partial charge in [0.15, 0.2) is 0 Å². The van der Waals surface area contributed by atoms with Gasteiger partial charge >= 0.3 is 0 Å². The number of benzene rings is 1. The van der Waals surface area contributed by atoms with E-state index in [0.29, 0.717) is 5.69 Å². The fourth-order valence-electron chi connectivity index (χ4n) is 2.35. The zero-order valence-electron chi connectivity index (χ0n) is 13.4. The molecule has 0 saturated heterocycles. The van der Waals surface area contributed by atoms with Crippen LogP contribution < -0.4 is 10.9 Å². The van der Waals surface area contributed by atoms with Crippen LogP contribution in [0.2, 0.25) is 0 Å². The summed E-state index contributed by atoms with van der Waals surface area (Å²) in [5, 5.41) is 2.74. The summed E-state index contributed by atoms with van der Waals surface area (Å²) in [5.74, 6) is -0.773. The Morgan fingerprint density at radius 3 is 2.65 bits per heavy atom. The van der Waals surface area contributed by atoms with Gasteiger partial charge in [-0.15, -0.1) is 0 Å². The van der Waals surface area contributed by atoms with Gasteiger partial charge < -0.3 is 15.2 Å². The quantitative estimate of drug-likeness (QED) is 0.884. The summed E-state index contributed by atoms with van der Waals surface area (Å²) in [7, 11) is 3.70. The molecule has 1 heterocycles. The largest absolute Gasteiger partial charge is 0.350 e. The Morgan fingerprint density at radius 1 is 1.30 bits per heavy atom. The molecule has 122 valence electrons. The Morgan fingerprint density at radius 2 is 2.04 bits per heavy atom. The summed E-state index contributed by atoms with van der Waals surface area (Å²) in [4.78, 5) is 28.5. The minimum Gasteiger partial charge on any atom is -0.350 e. The van der Waals surface area contributed by atoms with E-state index in [0.717, 1.165) is 5.56 Å². The van der Waals surface area contributed by atoms with Gasteiger partial charge in [0, 0.05) is 12.2 Å². The highest BCUT2D eigenvalue weighted by Crippen LogP contribution is 2.18. The van der Waals surface area contributed by atoms with Crippen LogP contribution in [0.25, 0.3) is 0 Å². The maximum absolute atomic E-state index is 13.4. The summed E-state index contributed by atoms with van der Waals surface area (Å²) in [6.07, 6.45) is 0. The van der Waals surface area contributed by atoms with Crippen molar-refractivity contribution in [2.24, 2.45) is 0 Å². The lowest BCUT2D eigenvalue weighted by atomic mass is 10.1. The number of carbonyl (C=O) groups excluding carboxylic acids is 1. The number of pyridine rings is 1. The molecule has 1 atom stereocenters. The predicted molar refractivity (Wildman–Crippen MR) is 87.0 cm³/mol. The Bertz CT molecular complexity index is 755. The molecule has 1 amide bonds. The van der Waals surface area contributed by atoms with Crippen molar-refractivity contribution in [3.05, 3.63) is 69.4 Å². The summed E-state index contributed by atoms with van der Waals surface area (Å²) in [6, 6.07) is 9.23. The van der Waals surface area contributed by atoms with Gasteiger partial charge in [-0.1, -0.05) is 12.1 Å². The first-order chi connectivity index (χ1) is 10.9. The minimum atomic E-state index is -0.450. The van der Waals surface area contributed by atoms with Crippen LogP contribution in [0.15, 0.2) is 41.2 Å². The van der Waals surface area contributed by atoms with Crippen LogP contribution in [-0.2, 0) is 0 Å². The molecule has 5 nitrogen and oxygen atoms in total. The first-order valence-corrected chi connectivity index (χ1v) is 7.28. The number of hydrogen-bond acceptors (Lipinski definition) is 3. The number of nitrogens with one attached hydrogen (secondary N) is 2. The molecule has 1 aromatic heterocycles. The number of aromatic nitrogens is 1. The average Bonchev–Trinajstić information content (AvgIpc) is 2.47. The zero-order valence-corrected chi connectivity index (χ0v) is 13.4. The third-order valence-corrected chi connectivity index (χ3v) is 3.61. The Kier molecular flexibility index (Phi) is 5.28. The highest BCUT2D eigenvalue weighted by molar-refractivity contribution is 5.93. The molecular weight excluding hydrogens is 297 g/mol. The molecule has 6 heteroatoms. The first-order valence-electron chi connectivity index (χ1n) is 7.28. The molecule has 0 spiro atoms. The molecule has 2 rings (SSSR count). The number of amides is 1. The van der Waals surface area contributed by atoms with Crippen LogP contribution in [0, 0.1) is 12.7 Å². The second kappa shape index (κ2) is 7.19. The number of hydrogen-bond donors (Lipinski definition) is 2. The topological polar surface area (TPSA) is 65.2 Å². The van der Waals surface area contributed by atoms with E-state index in [1.165, 1.54) is 18.2 Å². The van der Waals surface area contributed by atoms with Crippen LogP contribution >= 0.6 is 0 Å². The molecule has 0 saturated carbocycles. The van der Waals surface area contributed by atoms with Gasteiger partial charge in [-0.25, -0.2) is 4.39 Å². The van der Waals surface area contributed by atoms with E-state index in [-0.39, 0.29) is 24.0 Å². The van der Waals surface area contributed by atoms with E-state index in [1.54, 1.807) is 25.1 Å². The third-order valence-electron chi connectivity index (χ3n) is 3.61. The van der Waals surface area contributed by atoms with Crippen molar-refractivity contribution < 1.29 is 9.18 Å². The van der Waals surface area contributed by atoms with Crippen molar-refractivity contribution in [1.29, 1.82) is 0 Å². The fraction of sp³-hybridized carbons (Fsp3) is 0.294. The normalized spacial score (nSPS) is 12.2. The van der Waals surface area contributed by atoms with Gasteiger partial charge in [-0.2, -0.15) is 0 Å². The molecule has 0 aliphatic rings. The Labute approximate surface area is 134 Å². The third kappa shape index (κ3) is 4.26. The Hall–Kier alpha value is -2.47. The molecular formula is C17H20FN3O2. The molecule has 0 fully saturated rings. The van der Waals surface area contributed by atoms with Gasteiger partial charge in [-0.3, -0.25) is 9.59 Å². The van der Waals surface area contributed by atoms with Crippen molar-refractivity contribution >= 4 is 5.91 Å². The Balaban J connectivity index is 2.13. The summed E-state index contributed by atoms with van der Waals surface area (Å²) in [5.41, 5.74) is 1.09. The first kappa shape index (κ1) is 16.9. The molecule has 23 heavy (non-hydrogen) atoms. The average molecular weight is 317 g/mol. The predicted octanol–water partition coefficient (Wildman–Crippen LogP) is 1.86. The van der Waals surface area contributed by atoms with Gasteiger partial charge in [0.25, 0.3) is 11.5 Å². The molecule has 0 radical (unpaired) electrons. The van der Waals surface area contributed by atoms with Crippen molar-refractivity contribution in [1.82, 2.24) is 15.2 Å². The van der Waals surface area contributed by atoms with Gasteiger partial charge in [0.05, 0.1) is 6.04 Å². The molecule has 0 aliphatic heterocycles. The van der Waals surface area contributed by atoms with Crippen LogP contribution in [0.1, 0.15) is 27.7 Å². The lowest BCUT2D eigenvalue weighted by Gasteiger charge is -2.25. The van der Waals surface area contributed by atoms with E-state index in [2.05, 4.69) is 10.3 Å². The number of halogens is 1. The van der Waals surface area contributed by atoms with E-state index in [1.807, 2.05) is 19.0 Å². The number of carbonyl (C=O) groups is 1. The molecule has 1 aromatic carbocycles. The smallest absolute Gasteiger partial charge is 0.260 e. The maximum Gasteiger partial charge on any atom is 0.260 e. The summed E-state index contributed by atoms with van der Waals surface area (Å²) < 4.78 is 13.4. The number of aryl methyl sites for hydroxylation is 1. The van der Waals surface area contributed by atoms with Crippen molar-refractivity contribution in [2.75, 3.05) is 20.6 Å².